The van der Waals surface area contributed by atoms with Crippen molar-refractivity contribution in [3.8, 4) is 0 Å². The van der Waals surface area contributed by atoms with Crippen molar-refractivity contribution in [1.82, 2.24) is 0 Å². The predicted molar refractivity (Wildman–Crippen MR) is 43.7 cm³/mol. The van der Waals surface area contributed by atoms with E-state index in [9.17, 15) is 4.79 Å². The van der Waals surface area contributed by atoms with E-state index in [1.165, 1.54) is 6.92 Å². The van der Waals surface area contributed by atoms with E-state index in [1.54, 1.807) is 6.92 Å². The van der Waals surface area contributed by atoms with Gasteiger partial charge in [-0.3, -0.25) is 4.79 Å². The second-order valence-corrected chi connectivity index (χ2v) is 4.35. The molecule has 1 atom stereocenters. The molecular formula is C7H11BrO3. The number of halogens is 1. The summed E-state index contributed by atoms with van der Waals surface area (Å²) in [4.78, 5) is 11.0. The Bertz CT molecular complexity index is 161. The van der Waals surface area contributed by atoms with Gasteiger partial charge in [-0.05, 0) is 13.8 Å². The molecule has 0 unspecified atom stereocenters. The summed E-state index contributed by atoms with van der Waals surface area (Å²) >= 11 is 3.27. The van der Waals surface area contributed by atoms with Crippen LogP contribution in [0.25, 0.3) is 0 Å². The van der Waals surface area contributed by atoms with E-state index in [0.29, 0.717) is 13.2 Å². The van der Waals surface area contributed by atoms with Gasteiger partial charge in [-0.25, -0.2) is 0 Å². The molecule has 1 aliphatic rings. The maximum absolute atomic E-state index is 11.0. The van der Waals surface area contributed by atoms with E-state index in [4.69, 9.17) is 9.47 Å². The molecule has 0 bridgehead atoms. The van der Waals surface area contributed by atoms with Gasteiger partial charge in [-0.15, -0.1) is 0 Å². The average molecular weight is 223 g/mol. The maximum atomic E-state index is 11.0. The van der Waals surface area contributed by atoms with Crippen LogP contribution in [0.1, 0.15) is 13.8 Å². The van der Waals surface area contributed by atoms with Crippen molar-refractivity contribution in [3.63, 3.8) is 0 Å². The summed E-state index contributed by atoms with van der Waals surface area (Å²) in [6, 6.07) is 0. The van der Waals surface area contributed by atoms with E-state index >= 15 is 0 Å². The van der Waals surface area contributed by atoms with Gasteiger partial charge in [0.2, 0.25) is 0 Å². The normalized spacial score (nSPS) is 25.0. The predicted octanol–water partition coefficient (Wildman–Crippen LogP) is 1.10. The second kappa shape index (κ2) is 3.21. The fraction of sp³-hybridized carbons (Fsp3) is 0.857. The van der Waals surface area contributed by atoms with Gasteiger partial charge >= 0.3 is 0 Å². The zero-order valence-electron chi connectivity index (χ0n) is 6.59. The minimum atomic E-state index is -0.691. The molecule has 0 amide bonds. The number of ether oxygens (including phenoxy) is 2. The minimum Gasteiger partial charge on any atom is -0.348 e. The lowest BCUT2D eigenvalue weighted by atomic mass is 10.1. The summed E-state index contributed by atoms with van der Waals surface area (Å²) < 4.78 is 9.69. The maximum Gasteiger partial charge on any atom is 0.179 e. The minimum absolute atomic E-state index is 0.0180. The summed E-state index contributed by atoms with van der Waals surface area (Å²) in [5.74, 6) is 0.0180. The largest absolute Gasteiger partial charge is 0.348 e. The van der Waals surface area contributed by atoms with E-state index < -0.39 is 10.6 Å². The number of ketones is 1. The van der Waals surface area contributed by atoms with Crippen LogP contribution in [0.15, 0.2) is 0 Å². The van der Waals surface area contributed by atoms with Crippen molar-refractivity contribution in [3.05, 3.63) is 0 Å². The molecule has 3 nitrogen and oxygen atoms in total. The third-order valence-electron chi connectivity index (χ3n) is 1.75. The Kier molecular flexibility index (Phi) is 2.67. The standard InChI is InChI=1S/C7H11BrO3/c1-5(9)7(2,8)6-10-3-4-11-6/h6H,3-4H2,1-2H3/t7-/m1/s1. The number of carbonyl (C=O) groups is 1. The van der Waals surface area contributed by atoms with Crippen LogP contribution >= 0.6 is 15.9 Å². The molecule has 11 heavy (non-hydrogen) atoms. The van der Waals surface area contributed by atoms with Crippen LogP contribution in [0, 0.1) is 0 Å². The molecular weight excluding hydrogens is 212 g/mol. The molecule has 1 rings (SSSR count). The highest BCUT2D eigenvalue weighted by Crippen LogP contribution is 2.28. The van der Waals surface area contributed by atoms with Gasteiger partial charge in [0, 0.05) is 0 Å². The zero-order chi connectivity index (χ0) is 8.48. The van der Waals surface area contributed by atoms with Gasteiger partial charge in [-0.1, -0.05) is 15.9 Å². The molecule has 0 aromatic heterocycles. The van der Waals surface area contributed by atoms with Gasteiger partial charge in [0.25, 0.3) is 0 Å². The van der Waals surface area contributed by atoms with Crippen LogP contribution in [-0.2, 0) is 14.3 Å². The molecule has 0 radical (unpaired) electrons. The number of hydrogen-bond acceptors (Lipinski definition) is 3. The highest BCUT2D eigenvalue weighted by Gasteiger charge is 2.40. The van der Waals surface area contributed by atoms with Crippen LogP contribution in [0.5, 0.6) is 0 Å². The molecule has 0 aliphatic carbocycles. The van der Waals surface area contributed by atoms with Crippen molar-refractivity contribution < 1.29 is 14.3 Å². The molecule has 0 aromatic rings. The number of rotatable bonds is 2. The number of Topliss-reactive ketones (excluding diaryl/α,β-unsaturated/α-hetero) is 1. The highest BCUT2D eigenvalue weighted by molar-refractivity contribution is 9.10. The Hall–Kier alpha value is 0.0700. The monoisotopic (exact) mass is 222 g/mol. The molecule has 0 N–H and O–H groups in total. The van der Waals surface area contributed by atoms with Crippen molar-refractivity contribution >= 4 is 21.7 Å². The van der Waals surface area contributed by atoms with E-state index in [-0.39, 0.29) is 5.78 Å². The Morgan fingerprint density at radius 3 is 2.36 bits per heavy atom. The summed E-state index contributed by atoms with van der Waals surface area (Å²) in [6.07, 6.45) is -0.431. The lowest BCUT2D eigenvalue weighted by molar-refractivity contribution is -0.130. The van der Waals surface area contributed by atoms with Crippen molar-refractivity contribution in [2.75, 3.05) is 13.2 Å². The molecule has 0 aromatic carbocycles. The molecule has 0 saturated carbocycles. The number of hydrogen-bond donors (Lipinski definition) is 0. The quantitative estimate of drug-likeness (QED) is 0.657. The molecule has 4 heteroatoms. The van der Waals surface area contributed by atoms with Crippen LogP contribution in [0.2, 0.25) is 0 Å². The first-order valence-corrected chi connectivity index (χ1v) is 4.27. The first-order chi connectivity index (χ1) is 5.05. The first kappa shape index (κ1) is 9.16. The molecule has 1 aliphatic heterocycles. The van der Waals surface area contributed by atoms with E-state index in [2.05, 4.69) is 15.9 Å². The van der Waals surface area contributed by atoms with Gasteiger partial charge in [0.15, 0.2) is 12.1 Å². The average Bonchev–Trinajstić information content (AvgIpc) is 2.37. The highest BCUT2D eigenvalue weighted by atomic mass is 79.9. The number of carbonyl (C=O) groups excluding carboxylic acids is 1. The Labute approximate surface area is 74.2 Å². The zero-order valence-corrected chi connectivity index (χ0v) is 8.18. The van der Waals surface area contributed by atoms with Gasteiger partial charge in [-0.2, -0.15) is 0 Å². The van der Waals surface area contributed by atoms with Crippen LogP contribution in [-0.4, -0.2) is 29.6 Å². The lowest BCUT2D eigenvalue weighted by Crippen LogP contribution is -2.40. The van der Waals surface area contributed by atoms with Crippen LogP contribution in [0.4, 0.5) is 0 Å². The molecule has 1 heterocycles. The van der Waals surface area contributed by atoms with Gasteiger partial charge in [0.05, 0.1) is 13.2 Å². The van der Waals surface area contributed by atoms with Crippen LogP contribution < -0.4 is 0 Å². The summed E-state index contributed by atoms with van der Waals surface area (Å²) in [7, 11) is 0. The topological polar surface area (TPSA) is 35.5 Å². The summed E-state index contributed by atoms with van der Waals surface area (Å²) in [5.41, 5.74) is 0. The summed E-state index contributed by atoms with van der Waals surface area (Å²) in [5, 5.41) is 0. The van der Waals surface area contributed by atoms with E-state index in [1.807, 2.05) is 0 Å². The molecule has 64 valence electrons. The fourth-order valence-electron chi connectivity index (χ4n) is 0.837. The first-order valence-electron chi connectivity index (χ1n) is 3.48. The Morgan fingerprint density at radius 2 is 2.00 bits per heavy atom. The third-order valence-corrected chi connectivity index (χ3v) is 2.69. The second-order valence-electron chi connectivity index (χ2n) is 2.71. The smallest absolute Gasteiger partial charge is 0.179 e. The van der Waals surface area contributed by atoms with Crippen molar-refractivity contribution in [1.29, 1.82) is 0 Å². The molecule has 1 saturated heterocycles. The lowest BCUT2D eigenvalue weighted by Gasteiger charge is -2.24. The van der Waals surface area contributed by atoms with Gasteiger partial charge in [0.1, 0.15) is 4.32 Å². The fourth-order valence-corrected chi connectivity index (χ4v) is 1.10. The Balaban J connectivity index is 2.62. The number of alkyl halides is 1. The van der Waals surface area contributed by atoms with Crippen LogP contribution in [0.3, 0.4) is 0 Å². The third kappa shape index (κ3) is 1.80. The van der Waals surface area contributed by atoms with Crippen molar-refractivity contribution in [2.24, 2.45) is 0 Å². The Morgan fingerprint density at radius 1 is 1.55 bits per heavy atom. The SMILES string of the molecule is CC(=O)[C@@](C)(Br)C1OCCO1. The van der Waals surface area contributed by atoms with Crippen molar-refractivity contribution in [2.45, 2.75) is 24.5 Å². The summed E-state index contributed by atoms with van der Waals surface area (Å²) in [6.45, 7) is 4.41. The molecule has 0 spiro atoms. The molecule has 1 fully saturated rings. The van der Waals surface area contributed by atoms with Gasteiger partial charge < -0.3 is 9.47 Å². The van der Waals surface area contributed by atoms with E-state index in [0.717, 1.165) is 0 Å².